The summed E-state index contributed by atoms with van der Waals surface area (Å²) in [5.74, 6) is -1.12. The van der Waals surface area contributed by atoms with E-state index in [1.807, 2.05) is 0 Å². The number of aryl methyl sites for hydroxylation is 1. The number of aliphatic hydroxyl groups is 1. The van der Waals surface area contributed by atoms with E-state index in [1.165, 1.54) is 6.92 Å². The molecular formula is C14H14O4S. The molecule has 2 aromatic rings. The van der Waals surface area contributed by atoms with Crippen LogP contribution in [-0.4, -0.2) is 22.0 Å². The second kappa shape index (κ2) is 4.75. The molecule has 0 bridgehead atoms. The lowest BCUT2D eigenvalue weighted by Crippen LogP contribution is -1.98. The minimum absolute atomic E-state index is 0.111. The number of fused-ring (bicyclic) bond motifs is 1. The maximum absolute atomic E-state index is 11.6. The lowest BCUT2D eigenvalue weighted by atomic mass is 9.98. The van der Waals surface area contributed by atoms with Crippen LogP contribution in [0.4, 0.5) is 0 Å². The maximum atomic E-state index is 11.6. The molecule has 0 amide bonds. The summed E-state index contributed by atoms with van der Waals surface area (Å²) in [6.45, 7) is 4.78. The SMILES string of the molecule is CC(=O)c1ccc(C(C)O)c2c(C)c(C(=O)O)sc12. The number of hydrogen-bond donors (Lipinski definition) is 2. The van der Waals surface area contributed by atoms with Gasteiger partial charge in [0.2, 0.25) is 0 Å². The molecule has 0 radical (unpaired) electrons. The molecule has 0 saturated heterocycles. The Morgan fingerprint density at radius 2 is 1.95 bits per heavy atom. The highest BCUT2D eigenvalue weighted by Gasteiger charge is 2.21. The van der Waals surface area contributed by atoms with E-state index >= 15 is 0 Å². The lowest BCUT2D eigenvalue weighted by Gasteiger charge is -2.09. The Kier molecular flexibility index (Phi) is 3.43. The van der Waals surface area contributed by atoms with Crippen molar-refractivity contribution in [2.45, 2.75) is 26.9 Å². The highest BCUT2D eigenvalue weighted by Crippen LogP contribution is 2.38. The van der Waals surface area contributed by atoms with Crippen LogP contribution in [0.5, 0.6) is 0 Å². The van der Waals surface area contributed by atoms with Gasteiger partial charge in [0, 0.05) is 15.6 Å². The van der Waals surface area contributed by atoms with E-state index in [2.05, 4.69) is 0 Å². The number of carboxylic acids is 1. The van der Waals surface area contributed by atoms with Gasteiger partial charge in [-0.05, 0) is 38.0 Å². The quantitative estimate of drug-likeness (QED) is 0.846. The van der Waals surface area contributed by atoms with Crippen LogP contribution in [0.15, 0.2) is 12.1 Å². The molecule has 0 aliphatic rings. The summed E-state index contributed by atoms with van der Waals surface area (Å²) in [6, 6.07) is 3.34. The average molecular weight is 278 g/mol. The number of Topliss-reactive ketones (excluding diaryl/α,β-unsaturated/α-hetero) is 1. The van der Waals surface area contributed by atoms with Crippen molar-refractivity contribution in [1.29, 1.82) is 0 Å². The van der Waals surface area contributed by atoms with Crippen molar-refractivity contribution < 1.29 is 19.8 Å². The number of hydrogen-bond acceptors (Lipinski definition) is 4. The van der Waals surface area contributed by atoms with Crippen LogP contribution in [-0.2, 0) is 0 Å². The first kappa shape index (κ1) is 13.7. The van der Waals surface area contributed by atoms with Gasteiger partial charge in [0.15, 0.2) is 5.78 Å². The zero-order valence-electron chi connectivity index (χ0n) is 10.9. The molecule has 1 atom stereocenters. The fourth-order valence-corrected chi connectivity index (χ4v) is 3.45. The van der Waals surface area contributed by atoms with Gasteiger partial charge in [-0.15, -0.1) is 11.3 Å². The maximum Gasteiger partial charge on any atom is 0.346 e. The molecule has 0 aliphatic carbocycles. The first-order valence-corrected chi connectivity index (χ1v) is 6.64. The Morgan fingerprint density at radius 1 is 1.32 bits per heavy atom. The van der Waals surface area contributed by atoms with E-state index in [1.54, 1.807) is 26.0 Å². The van der Waals surface area contributed by atoms with Gasteiger partial charge in [-0.25, -0.2) is 4.79 Å². The van der Waals surface area contributed by atoms with Crippen LogP contribution < -0.4 is 0 Å². The fraction of sp³-hybridized carbons (Fsp3) is 0.286. The zero-order valence-corrected chi connectivity index (χ0v) is 11.7. The highest BCUT2D eigenvalue weighted by molar-refractivity contribution is 7.21. The fourth-order valence-electron chi connectivity index (χ4n) is 2.21. The minimum atomic E-state index is -1.01. The number of carbonyl (C=O) groups excluding carboxylic acids is 1. The summed E-state index contributed by atoms with van der Waals surface area (Å²) >= 11 is 1.09. The van der Waals surface area contributed by atoms with Crippen LogP contribution in [0.25, 0.3) is 10.1 Å². The minimum Gasteiger partial charge on any atom is -0.477 e. The van der Waals surface area contributed by atoms with Crippen molar-refractivity contribution in [1.82, 2.24) is 0 Å². The number of rotatable bonds is 3. The molecule has 4 nitrogen and oxygen atoms in total. The Labute approximate surface area is 114 Å². The second-order valence-corrected chi connectivity index (χ2v) is 5.52. The third-order valence-corrected chi connectivity index (χ3v) is 4.45. The number of carboxylic acid groups (broad SMARTS) is 1. The van der Waals surface area contributed by atoms with Crippen LogP contribution in [0.3, 0.4) is 0 Å². The molecule has 100 valence electrons. The van der Waals surface area contributed by atoms with E-state index < -0.39 is 12.1 Å². The van der Waals surface area contributed by atoms with Gasteiger partial charge in [-0.2, -0.15) is 0 Å². The monoisotopic (exact) mass is 278 g/mol. The van der Waals surface area contributed by atoms with Crippen molar-refractivity contribution in [3.8, 4) is 0 Å². The molecule has 2 rings (SSSR count). The highest BCUT2D eigenvalue weighted by atomic mass is 32.1. The molecule has 2 N–H and O–H groups in total. The van der Waals surface area contributed by atoms with Gasteiger partial charge in [-0.1, -0.05) is 6.07 Å². The van der Waals surface area contributed by atoms with Crippen molar-refractivity contribution in [2.24, 2.45) is 0 Å². The topological polar surface area (TPSA) is 74.6 Å². The molecule has 0 aliphatic heterocycles. The largest absolute Gasteiger partial charge is 0.477 e. The van der Waals surface area contributed by atoms with Crippen LogP contribution >= 0.6 is 11.3 Å². The van der Waals surface area contributed by atoms with E-state index in [0.29, 0.717) is 26.8 Å². The van der Waals surface area contributed by atoms with Gasteiger partial charge < -0.3 is 10.2 Å². The summed E-state index contributed by atoms with van der Waals surface area (Å²) in [4.78, 5) is 23.1. The summed E-state index contributed by atoms with van der Waals surface area (Å²) in [5.41, 5.74) is 1.76. The van der Waals surface area contributed by atoms with E-state index in [0.717, 1.165) is 11.3 Å². The lowest BCUT2D eigenvalue weighted by molar-refractivity contribution is 0.0701. The normalized spacial score (nSPS) is 12.6. The van der Waals surface area contributed by atoms with Gasteiger partial charge in [0.25, 0.3) is 0 Å². The number of ketones is 1. The van der Waals surface area contributed by atoms with Crippen molar-refractivity contribution >= 4 is 33.2 Å². The zero-order chi connectivity index (χ0) is 14.3. The smallest absolute Gasteiger partial charge is 0.346 e. The number of benzene rings is 1. The number of carbonyl (C=O) groups is 2. The molecule has 0 fully saturated rings. The van der Waals surface area contributed by atoms with Crippen molar-refractivity contribution in [2.75, 3.05) is 0 Å². The Balaban J connectivity index is 2.94. The predicted molar refractivity (Wildman–Crippen MR) is 74.2 cm³/mol. The molecule has 1 aromatic carbocycles. The van der Waals surface area contributed by atoms with E-state index in [-0.39, 0.29) is 10.7 Å². The van der Waals surface area contributed by atoms with E-state index in [4.69, 9.17) is 0 Å². The van der Waals surface area contributed by atoms with Crippen LogP contribution in [0.1, 0.15) is 51.1 Å². The van der Waals surface area contributed by atoms with Crippen molar-refractivity contribution in [3.63, 3.8) is 0 Å². The van der Waals surface area contributed by atoms with E-state index in [9.17, 15) is 19.8 Å². The van der Waals surface area contributed by atoms with Crippen LogP contribution in [0.2, 0.25) is 0 Å². The summed E-state index contributed by atoms with van der Waals surface area (Å²) in [6.07, 6.45) is -0.710. The second-order valence-electron chi connectivity index (χ2n) is 4.50. The number of thiophene rings is 1. The number of aromatic carboxylic acids is 1. The molecule has 5 heteroatoms. The van der Waals surface area contributed by atoms with Crippen LogP contribution in [0, 0.1) is 6.92 Å². The Bertz CT molecular complexity index is 682. The molecule has 1 heterocycles. The first-order valence-electron chi connectivity index (χ1n) is 5.83. The van der Waals surface area contributed by atoms with Gasteiger partial charge in [-0.3, -0.25) is 4.79 Å². The first-order chi connectivity index (χ1) is 8.84. The van der Waals surface area contributed by atoms with Gasteiger partial charge in [0.1, 0.15) is 4.88 Å². The summed E-state index contributed by atoms with van der Waals surface area (Å²) < 4.78 is 0.640. The third kappa shape index (κ3) is 2.15. The molecule has 1 aromatic heterocycles. The standard InChI is InChI=1S/C14H14O4S/c1-6-11-9(7(2)15)4-5-10(8(3)16)13(11)19-12(6)14(17)18/h4-5,7,15H,1-3H3,(H,17,18). The summed E-state index contributed by atoms with van der Waals surface area (Å²) in [5, 5.41) is 19.7. The van der Waals surface area contributed by atoms with Crippen molar-refractivity contribution in [3.05, 3.63) is 33.7 Å². The predicted octanol–water partition coefficient (Wildman–Crippen LogP) is 3.16. The van der Waals surface area contributed by atoms with Gasteiger partial charge in [0.05, 0.1) is 6.10 Å². The molecule has 0 spiro atoms. The third-order valence-electron chi connectivity index (χ3n) is 3.13. The Morgan fingerprint density at radius 3 is 2.42 bits per heavy atom. The molecule has 19 heavy (non-hydrogen) atoms. The molecular weight excluding hydrogens is 264 g/mol. The molecule has 1 unspecified atom stereocenters. The Hall–Kier alpha value is -1.72. The van der Waals surface area contributed by atoms with Gasteiger partial charge >= 0.3 is 5.97 Å². The average Bonchev–Trinajstić information content (AvgIpc) is 2.66. The summed E-state index contributed by atoms with van der Waals surface area (Å²) in [7, 11) is 0. The molecule has 0 saturated carbocycles. The number of aliphatic hydroxyl groups excluding tert-OH is 1.